The van der Waals surface area contributed by atoms with Crippen molar-refractivity contribution < 1.29 is 14.3 Å². The Labute approximate surface area is 192 Å². The Bertz CT molecular complexity index is 1400. The molecular formula is C23H18ClN3O4S. The van der Waals surface area contributed by atoms with Gasteiger partial charge in [-0.25, -0.2) is 4.98 Å². The number of carbonyl (C=O) groups excluding carboxylic acids is 1. The number of aryl methyl sites for hydroxylation is 1. The molecule has 0 saturated carbocycles. The molecule has 9 heteroatoms. The Balaban J connectivity index is 1.42. The lowest BCUT2D eigenvalue weighted by molar-refractivity contribution is -0.116. The van der Waals surface area contributed by atoms with Crippen molar-refractivity contribution in [1.29, 1.82) is 0 Å². The minimum Gasteiger partial charge on any atom is -0.486 e. The first-order valence-electron chi connectivity index (χ1n) is 9.94. The fourth-order valence-corrected chi connectivity index (χ4v) is 4.99. The predicted molar refractivity (Wildman–Crippen MR) is 125 cm³/mol. The first kappa shape index (κ1) is 20.5. The first-order chi connectivity index (χ1) is 15.5. The zero-order chi connectivity index (χ0) is 22.2. The molecule has 7 nitrogen and oxygen atoms in total. The molecule has 3 heterocycles. The number of nitrogens with zero attached hydrogens (tertiary/aromatic N) is 2. The molecule has 4 aromatic rings. The van der Waals surface area contributed by atoms with Crippen LogP contribution in [0.1, 0.15) is 5.56 Å². The van der Waals surface area contributed by atoms with Crippen LogP contribution in [0.25, 0.3) is 20.7 Å². The maximum atomic E-state index is 13.1. The van der Waals surface area contributed by atoms with Crippen molar-refractivity contribution in [3.63, 3.8) is 0 Å². The summed E-state index contributed by atoms with van der Waals surface area (Å²) >= 11 is 7.74. The van der Waals surface area contributed by atoms with Crippen LogP contribution in [0.5, 0.6) is 11.5 Å². The van der Waals surface area contributed by atoms with Gasteiger partial charge in [0.05, 0.1) is 22.4 Å². The highest BCUT2D eigenvalue weighted by Gasteiger charge is 2.19. The smallest absolute Gasteiger partial charge is 0.262 e. The zero-order valence-electron chi connectivity index (χ0n) is 17.1. The van der Waals surface area contributed by atoms with E-state index in [-0.39, 0.29) is 12.1 Å². The summed E-state index contributed by atoms with van der Waals surface area (Å²) in [7, 11) is 0. The van der Waals surface area contributed by atoms with E-state index in [9.17, 15) is 9.59 Å². The molecule has 0 radical (unpaired) electrons. The van der Waals surface area contributed by atoms with Crippen molar-refractivity contribution in [2.75, 3.05) is 18.5 Å². The van der Waals surface area contributed by atoms with Crippen molar-refractivity contribution in [3.8, 4) is 21.9 Å². The van der Waals surface area contributed by atoms with Crippen LogP contribution < -0.4 is 20.3 Å². The van der Waals surface area contributed by atoms with E-state index in [1.54, 1.807) is 12.1 Å². The number of rotatable bonds is 4. The van der Waals surface area contributed by atoms with Gasteiger partial charge in [-0.15, -0.1) is 11.3 Å². The normalized spacial score (nSPS) is 12.7. The van der Waals surface area contributed by atoms with Gasteiger partial charge in [-0.3, -0.25) is 14.2 Å². The molecule has 32 heavy (non-hydrogen) atoms. The summed E-state index contributed by atoms with van der Waals surface area (Å²) in [6.45, 7) is 2.58. The number of aromatic nitrogens is 2. The molecule has 0 bridgehead atoms. The average molecular weight is 468 g/mol. The molecule has 1 N–H and O–H groups in total. The fraction of sp³-hybridized carbons (Fsp3) is 0.174. The molecule has 0 atom stereocenters. The standard InChI is InChI=1S/C23H18ClN3O4S/c1-13-20-22(32-21(13)14-5-3-2-4-6-14)25-12-27(23(20)29)11-19(28)26-16-10-18-17(9-15(16)24)30-7-8-31-18/h2-6,9-10,12H,7-8,11H2,1H3,(H,26,28). The van der Waals surface area contributed by atoms with Crippen molar-refractivity contribution in [2.45, 2.75) is 13.5 Å². The quantitative estimate of drug-likeness (QED) is 0.478. The van der Waals surface area contributed by atoms with Crippen LogP contribution in [-0.4, -0.2) is 28.7 Å². The van der Waals surface area contributed by atoms with E-state index in [2.05, 4.69) is 10.3 Å². The lowest BCUT2D eigenvalue weighted by Gasteiger charge is -2.20. The van der Waals surface area contributed by atoms with Crippen molar-refractivity contribution in [2.24, 2.45) is 0 Å². The van der Waals surface area contributed by atoms with Crippen molar-refractivity contribution >= 4 is 44.7 Å². The summed E-state index contributed by atoms with van der Waals surface area (Å²) in [6.07, 6.45) is 1.40. The number of benzene rings is 2. The number of amides is 1. The molecule has 0 spiro atoms. The van der Waals surface area contributed by atoms with Crippen LogP contribution in [-0.2, 0) is 11.3 Å². The van der Waals surface area contributed by atoms with Gasteiger partial charge >= 0.3 is 0 Å². The molecule has 162 valence electrons. The Morgan fingerprint density at radius 3 is 2.66 bits per heavy atom. The van der Waals surface area contributed by atoms with Gasteiger partial charge in [0.25, 0.3) is 5.56 Å². The predicted octanol–water partition coefficient (Wildman–Crippen LogP) is 4.50. The molecule has 5 rings (SSSR count). The number of carbonyl (C=O) groups is 1. The molecular weight excluding hydrogens is 450 g/mol. The second-order valence-corrected chi connectivity index (χ2v) is 8.71. The lowest BCUT2D eigenvalue weighted by atomic mass is 10.1. The van der Waals surface area contributed by atoms with Crippen molar-refractivity contribution in [3.05, 3.63) is 69.7 Å². The second kappa shape index (κ2) is 8.29. The molecule has 2 aromatic carbocycles. The number of thiophene rings is 1. The highest BCUT2D eigenvalue weighted by Crippen LogP contribution is 2.38. The van der Waals surface area contributed by atoms with Gasteiger partial charge in [0, 0.05) is 17.0 Å². The lowest BCUT2D eigenvalue weighted by Crippen LogP contribution is -2.28. The number of halogens is 1. The van der Waals surface area contributed by atoms with Crippen LogP contribution >= 0.6 is 22.9 Å². The van der Waals surface area contributed by atoms with Gasteiger partial charge in [-0.1, -0.05) is 41.9 Å². The zero-order valence-corrected chi connectivity index (χ0v) is 18.6. The minimum atomic E-state index is -0.400. The summed E-state index contributed by atoms with van der Waals surface area (Å²) in [4.78, 5) is 31.9. The van der Waals surface area contributed by atoms with Gasteiger partial charge in [0.2, 0.25) is 5.91 Å². The molecule has 1 aliphatic rings. The van der Waals surface area contributed by atoms with Gasteiger partial charge in [0.1, 0.15) is 24.6 Å². The van der Waals surface area contributed by atoms with Crippen molar-refractivity contribution in [1.82, 2.24) is 9.55 Å². The highest BCUT2D eigenvalue weighted by atomic mass is 35.5. The summed E-state index contributed by atoms with van der Waals surface area (Å²) in [5, 5.41) is 3.59. The maximum Gasteiger partial charge on any atom is 0.262 e. The van der Waals surface area contributed by atoms with E-state index < -0.39 is 5.91 Å². The summed E-state index contributed by atoms with van der Waals surface area (Å²) < 4.78 is 12.3. The molecule has 0 aliphatic carbocycles. The van der Waals surface area contributed by atoms with E-state index in [0.717, 1.165) is 16.0 Å². The second-order valence-electron chi connectivity index (χ2n) is 7.30. The Kier molecular flexibility index (Phi) is 5.32. The van der Waals surface area contributed by atoms with E-state index in [4.69, 9.17) is 21.1 Å². The number of hydrogen-bond donors (Lipinski definition) is 1. The molecule has 2 aromatic heterocycles. The topological polar surface area (TPSA) is 82.5 Å². The number of ether oxygens (including phenoxy) is 2. The third-order valence-corrected chi connectivity index (χ3v) is 6.73. The molecule has 1 amide bonds. The Morgan fingerprint density at radius 1 is 1.19 bits per heavy atom. The van der Waals surface area contributed by atoms with E-state index in [0.29, 0.717) is 45.6 Å². The third kappa shape index (κ3) is 3.72. The van der Waals surface area contributed by atoms with E-state index in [1.807, 2.05) is 37.3 Å². The summed E-state index contributed by atoms with van der Waals surface area (Å²) in [5.41, 5.74) is 2.03. The van der Waals surface area contributed by atoms with Gasteiger partial charge in [-0.2, -0.15) is 0 Å². The number of nitrogens with one attached hydrogen (secondary N) is 1. The van der Waals surface area contributed by atoms with E-state index in [1.165, 1.54) is 22.2 Å². The monoisotopic (exact) mass is 467 g/mol. The van der Waals surface area contributed by atoms with Crippen LogP contribution in [0.2, 0.25) is 5.02 Å². The fourth-order valence-electron chi connectivity index (χ4n) is 3.64. The number of anilines is 1. The largest absolute Gasteiger partial charge is 0.486 e. The molecule has 1 aliphatic heterocycles. The molecule has 0 unspecified atom stereocenters. The maximum absolute atomic E-state index is 13.1. The van der Waals surface area contributed by atoms with Crippen LogP contribution in [0.4, 0.5) is 5.69 Å². The van der Waals surface area contributed by atoms with E-state index >= 15 is 0 Å². The summed E-state index contributed by atoms with van der Waals surface area (Å²) in [5.74, 6) is 0.647. The van der Waals surface area contributed by atoms with Gasteiger partial charge in [0.15, 0.2) is 11.5 Å². The first-order valence-corrected chi connectivity index (χ1v) is 11.1. The van der Waals surface area contributed by atoms with Crippen LogP contribution in [0, 0.1) is 6.92 Å². The van der Waals surface area contributed by atoms with Gasteiger partial charge in [-0.05, 0) is 18.1 Å². The van der Waals surface area contributed by atoms with Crippen LogP contribution in [0.3, 0.4) is 0 Å². The summed E-state index contributed by atoms with van der Waals surface area (Å²) in [6, 6.07) is 13.1. The molecule has 0 saturated heterocycles. The number of hydrogen-bond acceptors (Lipinski definition) is 6. The van der Waals surface area contributed by atoms with Crippen LogP contribution in [0.15, 0.2) is 53.6 Å². The average Bonchev–Trinajstić information content (AvgIpc) is 3.14. The SMILES string of the molecule is Cc1c(-c2ccccc2)sc2ncn(CC(=O)Nc3cc4c(cc3Cl)OCCO4)c(=O)c12. The highest BCUT2D eigenvalue weighted by molar-refractivity contribution is 7.22. The minimum absolute atomic E-state index is 0.192. The number of fused-ring (bicyclic) bond motifs is 2. The Hall–Kier alpha value is -3.36. The van der Waals surface area contributed by atoms with Gasteiger partial charge < -0.3 is 14.8 Å². The molecule has 0 fully saturated rings. The Morgan fingerprint density at radius 2 is 1.91 bits per heavy atom. The third-order valence-electron chi connectivity index (χ3n) is 5.17.